The summed E-state index contributed by atoms with van der Waals surface area (Å²) < 4.78 is 43.2. The molecular formula is C38H38F2GeIrN2O-2. The van der Waals surface area contributed by atoms with E-state index < -0.39 is 30.8 Å². The molecule has 0 amide bonds. The first-order chi connectivity index (χ1) is 21.2. The molecule has 6 rings (SSSR count). The van der Waals surface area contributed by atoms with E-state index >= 15 is 0 Å². The van der Waals surface area contributed by atoms with Gasteiger partial charge in [-0.1, -0.05) is 36.4 Å². The normalized spacial score (nSPS) is 12.1. The maximum atomic E-state index is 14.2. The van der Waals surface area contributed by atoms with Gasteiger partial charge < -0.3 is 9.40 Å². The maximum absolute atomic E-state index is 14.2. The molecule has 3 nitrogen and oxygen atoms in total. The number of fused-ring (bicyclic) bond motifs is 3. The number of rotatable bonds is 6. The number of aromatic nitrogens is 2. The van der Waals surface area contributed by atoms with E-state index in [1.807, 2.05) is 18.2 Å². The van der Waals surface area contributed by atoms with E-state index in [1.165, 1.54) is 11.6 Å². The largest absolute Gasteiger partial charge is 0.500 e. The van der Waals surface area contributed by atoms with Gasteiger partial charge in [0.2, 0.25) is 0 Å². The molecule has 0 atom stereocenters. The predicted molar refractivity (Wildman–Crippen MR) is 180 cm³/mol. The fraction of sp³-hybridized carbons (Fsp3) is 0.263. The number of hydrogen-bond donors (Lipinski definition) is 0. The molecular weight excluding hydrogens is 803 g/mol. The van der Waals surface area contributed by atoms with Gasteiger partial charge in [-0.15, -0.1) is 18.2 Å². The molecule has 1 radical (unpaired) electrons. The monoisotopic (exact) mass is 844 g/mol. The molecule has 3 aromatic carbocycles. The van der Waals surface area contributed by atoms with Gasteiger partial charge in [0.15, 0.2) is 0 Å². The zero-order valence-corrected chi connectivity index (χ0v) is 31.2. The summed E-state index contributed by atoms with van der Waals surface area (Å²) >= 11 is -1.86. The van der Waals surface area contributed by atoms with Gasteiger partial charge in [0, 0.05) is 45.2 Å². The molecule has 0 saturated carbocycles. The smallest absolute Gasteiger partial charge is 0.136 e. The van der Waals surface area contributed by atoms with Gasteiger partial charge in [0.25, 0.3) is 0 Å². The zero-order valence-electron chi connectivity index (χ0n) is 27.7. The zero-order chi connectivity index (χ0) is 32.5. The number of pyridine rings is 2. The van der Waals surface area contributed by atoms with Crippen molar-refractivity contribution in [3.05, 3.63) is 114 Å². The number of hydrogen-bond acceptors (Lipinski definition) is 3. The van der Waals surface area contributed by atoms with Crippen LogP contribution in [0.5, 0.6) is 0 Å². The Hall–Kier alpha value is -3.19. The molecule has 0 aliphatic heterocycles. The molecule has 0 unspecified atom stereocenters. The van der Waals surface area contributed by atoms with Gasteiger partial charge in [0.1, 0.15) is 17.2 Å². The molecule has 0 bridgehead atoms. The van der Waals surface area contributed by atoms with Gasteiger partial charge in [-0.2, -0.15) is 0 Å². The summed E-state index contributed by atoms with van der Waals surface area (Å²) in [5.74, 6) is 5.85. The van der Waals surface area contributed by atoms with Gasteiger partial charge in [0.05, 0.1) is 5.58 Å². The Morgan fingerprint density at radius 3 is 2.36 bits per heavy atom. The van der Waals surface area contributed by atoms with Crippen LogP contribution in [-0.4, -0.2) is 23.2 Å². The summed E-state index contributed by atoms with van der Waals surface area (Å²) in [5.41, 5.74) is 6.09. The van der Waals surface area contributed by atoms with Crippen LogP contribution in [0.3, 0.4) is 0 Å². The summed E-state index contributed by atoms with van der Waals surface area (Å²) in [7, 11) is 0. The van der Waals surface area contributed by atoms with Crippen LogP contribution in [0.25, 0.3) is 44.5 Å². The van der Waals surface area contributed by atoms with Crippen molar-refractivity contribution >= 4 is 39.6 Å². The second kappa shape index (κ2) is 14.5. The average Bonchev–Trinajstić information content (AvgIpc) is 3.35. The van der Waals surface area contributed by atoms with Crippen molar-refractivity contribution in [3.8, 4) is 22.5 Å². The molecule has 3 heterocycles. The number of furan rings is 1. The van der Waals surface area contributed by atoms with Gasteiger partial charge in [-0.05, 0) is 17.7 Å². The van der Waals surface area contributed by atoms with E-state index in [2.05, 4.69) is 66.6 Å². The second-order valence-electron chi connectivity index (χ2n) is 12.7. The van der Waals surface area contributed by atoms with Crippen LogP contribution < -0.4 is 4.40 Å². The number of benzene rings is 3. The van der Waals surface area contributed by atoms with Crippen molar-refractivity contribution < 1.29 is 34.7 Å². The first-order valence-corrected chi connectivity index (χ1v) is 22.2. The molecule has 235 valence electrons. The Labute approximate surface area is 282 Å². The molecule has 45 heavy (non-hydrogen) atoms. The van der Waals surface area contributed by atoms with E-state index in [-0.39, 0.29) is 31.1 Å². The van der Waals surface area contributed by atoms with E-state index in [0.717, 1.165) is 29.3 Å². The summed E-state index contributed by atoms with van der Waals surface area (Å²) in [4.78, 5) is 9.04. The van der Waals surface area contributed by atoms with Gasteiger partial charge in [-0.25, -0.2) is 8.78 Å². The van der Waals surface area contributed by atoms with Crippen LogP contribution in [0.15, 0.2) is 83.5 Å². The molecule has 0 N–H and O–H groups in total. The van der Waals surface area contributed by atoms with Crippen LogP contribution in [0, 0.1) is 29.7 Å². The number of halogens is 2. The summed E-state index contributed by atoms with van der Waals surface area (Å²) in [6.07, 6.45) is 4.89. The number of nitrogens with zero attached hydrogens (tertiary/aromatic N) is 2. The molecule has 0 fully saturated rings. The van der Waals surface area contributed by atoms with Crippen molar-refractivity contribution in [3.63, 3.8) is 0 Å². The fourth-order valence-corrected chi connectivity index (χ4v) is 8.67. The Kier molecular flexibility index (Phi) is 10.7. The molecule has 0 saturated heterocycles. The van der Waals surface area contributed by atoms with Crippen molar-refractivity contribution in [2.24, 2.45) is 5.92 Å². The Morgan fingerprint density at radius 2 is 1.69 bits per heavy atom. The summed E-state index contributed by atoms with van der Waals surface area (Å²) in [6, 6.07) is 25.6. The Balaban J connectivity index is 0.000000210. The van der Waals surface area contributed by atoms with E-state index in [4.69, 9.17) is 10.8 Å². The second-order valence-corrected chi connectivity index (χ2v) is 23.3. The quantitative estimate of drug-likeness (QED) is 0.124. The average molecular weight is 843 g/mol. The van der Waals surface area contributed by atoms with Crippen LogP contribution >= 0.6 is 0 Å². The molecule has 0 aliphatic rings. The predicted octanol–water partition coefficient (Wildman–Crippen LogP) is 10.1. The SMILES string of the molecule is CC(C)Cc1cc(-c2[c-]cccc2)nc[c]1[Ge]([CH3])([CH3])[CH3].[2H]C(C)(C)c1ccnc(-c2[c-]ccc3c2oc2cc(F)cc(F)c23)c1.[Ir]. The molecule has 7 heteroatoms. The van der Waals surface area contributed by atoms with Crippen LogP contribution in [0.1, 0.15) is 46.1 Å². The van der Waals surface area contributed by atoms with Crippen LogP contribution in [0.2, 0.25) is 17.3 Å². The standard InChI is InChI=1S/C20H14F2NO.C18H24GeN.Ir/c1-11(2)12-6-7-23-17(8-12)14-4-3-5-15-19-16(22)9-13(21)10-18(19)24-20(14)15;1-14(2)11-16-12-18(15-9-7-6-8-10-15)20-13-17(16)19(3,4)5;/h3,5-11H,1-2H3;6-9,12-14H,11H2,1-5H3;/q2*-1;/i11D;;. The van der Waals surface area contributed by atoms with E-state index in [9.17, 15) is 8.78 Å². The summed E-state index contributed by atoms with van der Waals surface area (Å²) in [6.45, 7) is 8.15. The van der Waals surface area contributed by atoms with Crippen molar-refractivity contribution in [1.82, 2.24) is 9.97 Å². The third-order valence-electron chi connectivity index (χ3n) is 7.45. The molecule has 0 spiro atoms. The van der Waals surface area contributed by atoms with Gasteiger partial charge >= 0.3 is 126 Å². The van der Waals surface area contributed by atoms with Crippen LogP contribution in [-0.2, 0) is 26.5 Å². The van der Waals surface area contributed by atoms with Crippen molar-refractivity contribution in [2.75, 3.05) is 0 Å². The molecule has 6 aromatic rings. The Morgan fingerprint density at radius 1 is 0.911 bits per heavy atom. The minimum Gasteiger partial charge on any atom is -0.500 e. The van der Waals surface area contributed by atoms with Crippen molar-refractivity contribution in [1.29, 1.82) is 0 Å². The van der Waals surface area contributed by atoms with E-state index in [1.54, 1.807) is 48.7 Å². The van der Waals surface area contributed by atoms with E-state index in [0.29, 0.717) is 28.1 Å². The topological polar surface area (TPSA) is 38.9 Å². The van der Waals surface area contributed by atoms with Gasteiger partial charge in [-0.3, -0.25) is 0 Å². The minimum absolute atomic E-state index is 0. The third kappa shape index (κ3) is 7.97. The van der Waals surface area contributed by atoms with Crippen molar-refractivity contribution in [2.45, 2.75) is 57.3 Å². The molecule has 0 aliphatic carbocycles. The maximum Gasteiger partial charge on any atom is 0.136 e. The third-order valence-corrected chi connectivity index (χ3v) is 11.8. The molecule has 3 aromatic heterocycles. The Bertz CT molecular complexity index is 1960. The van der Waals surface area contributed by atoms with Crippen LogP contribution in [0.4, 0.5) is 8.78 Å². The fourth-order valence-electron chi connectivity index (χ4n) is 5.34. The minimum atomic E-state index is -1.86. The first kappa shape index (κ1) is 33.2. The first-order valence-electron chi connectivity index (χ1n) is 15.4. The summed E-state index contributed by atoms with van der Waals surface area (Å²) in [5, 5.41) is 0.780.